The highest BCUT2D eigenvalue weighted by Crippen LogP contribution is 2.39. The van der Waals surface area contributed by atoms with Crippen molar-refractivity contribution in [2.75, 3.05) is 56.0 Å². The van der Waals surface area contributed by atoms with Crippen molar-refractivity contribution < 1.29 is 8.78 Å². The lowest BCUT2D eigenvalue weighted by Crippen LogP contribution is -2.45. The molecular weight excluding hydrogens is 420 g/mol. The van der Waals surface area contributed by atoms with Crippen molar-refractivity contribution in [3.63, 3.8) is 0 Å². The Morgan fingerprint density at radius 3 is 2.73 bits per heavy atom. The second kappa shape index (κ2) is 9.23. The lowest BCUT2D eigenvalue weighted by molar-refractivity contribution is -0.00967. The summed E-state index contributed by atoms with van der Waals surface area (Å²) in [5, 5.41) is 8.07. The van der Waals surface area contributed by atoms with Crippen LogP contribution in [0.1, 0.15) is 23.1 Å². The van der Waals surface area contributed by atoms with Crippen LogP contribution in [0.2, 0.25) is 0 Å². The Balaban J connectivity index is 1.44. The summed E-state index contributed by atoms with van der Waals surface area (Å²) in [5.41, 5.74) is 3.87. The Kier molecular flexibility index (Phi) is 6.17. The van der Waals surface area contributed by atoms with Crippen LogP contribution in [0.15, 0.2) is 48.5 Å². The van der Waals surface area contributed by atoms with Gasteiger partial charge in [0, 0.05) is 81.5 Å². The Hall–Kier alpha value is -2.77. The fourth-order valence-electron chi connectivity index (χ4n) is 4.82. The normalized spacial score (nSPS) is 18.7. The summed E-state index contributed by atoms with van der Waals surface area (Å²) < 4.78 is 29.6. The van der Waals surface area contributed by atoms with Gasteiger partial charge in [-0.1, -0.05) is 35.9 Å². The van der Waals surface area contributed by atoms with Crippen LogP contribution in [-0.2, 0) is 12.5 Å². The highest BCUT2D eigenvalue weighted by atomic mass is 19.3. The van der Waals surface area contributed by atoms with Crippen LogP contribution in [0.5, 0.6) is 0 Å². The summed E-state index contributed by atoms with van der Waals surface area (Å²) in [6.07, 6.45) is -0.219. The maximum Gasteiger partial charge on any atom is 0.275 e. The minimum absolute atomic E-state index is 0.137. The number of aromatic nitrogens is 1. The molecule has 0 unspecified atom stereocenters. The third kappa shape index (κ3) is 4.80. The quantitative estimate of drug-likeness (QED) is 0.603. The van der Waals surface area contributed by atoms with Crippen LogP contribution in [0.25, 0.3) is 10.9 Å². The number of rotatable bonds is 5. The number of nitrogens with one attached hydrogen (secondary N) is 2. The van der Waals surface area contributed by atoms with E-state index in [2.05, 4.69) is 34.6 Å². The summed E-state index contributed by atoms with van der Waals surface area (Å²) in [7, 11) is 0. The number of nitrogens with zero attached hydrogens (tertiary/aromatic N) is 3. The molecule has 7 heteroatoms. The van der Waals surface area contributed by atoms with Crippen molar-refractivity contribution in [2.45, 2.75) is 25.8 Å². The second-order valence-electron chi connectivity index (χ2n) is 9.10. The minimum Gasteiger partial charge on any atom is -0.383 e. The van der Waals surface area contributed by atoms with Gasteiger partial charge in [-0.2, -0.15) is 0 Å². The van der Waals surface area contributed by atoms with Gasteiger partial charge in [-0.25, -0.2) is 13.8 Å². The molecule has 2 aromatic carbocycles. The number of aryl methyl sites for hydroxylation is 1. The van der Waals surface area contributed by atoms with Crippen molar-refractivity contribution in [1.29, 1.82) is 0 Å². The van der Waals surface area contributed by atoms with E-state index in [0.29, 0.717) is 12.1 Å². The molecule has 1 aromatic heterocycles. The summed E-state index contributed by atoms with van der Waals surface area (Å²) in [6.45, 7) is 8.73. The fourth-order valence-corrected chi connectivity index (χ4v) is 4.82. The van der Waals surface area contributed by atoms with E-state index in [4.69, 9.17) is 4.98 Å². The number of pyridine rings is 1. The summed E-state index contributed by atoms with van der Waals surface area (Å²) in [6, 6.07) is 15.1. The molecule has 174 valence electrons. The number of anilines is 2. The van der Waals surface area contributed by atoms with Crippen LogP contribution in [0.4, 0.5) is 20.3 Å². The number of piperazine rings is 1. The van der Waals surface area contributed by atoms with Gasteiger partial charge in [0.15, 0.2) is 0 Å². The van der Waals surface area contributed by atoms with Gasteiger partial charge in [0.2, 0.25) is 0 Å². The monoisotopic (exact) mass is 451 g/mol. The van der Waals surface area contributed by atoms with Crippen LogP contribution in [0.3, 0.4) is 0 Å². The minimum atomic E-state index is -2.83. The SMILES string of the molecule is Cc1ccc2nc(N3CCC(F)(F)c4ccccc4C3)cc(NCCN3CCNCC3)c2c1. The Morgan fingerprint density at radius 2 is 1.88 bits per heavy atom. The smallest absolute Gasteiger partial charge is 0.275 e. The number of halogens is 2. The number of hydrogen-bond donors (Lipinski definition) is 2. The third-order valence-corrected chi connectivity index (χ3v) is 6.70. The molecule has 0 amide bonds. The van der Waals surface area contributed by atoms with Gasteiger partial charge in [0.1, 0.15) is 5.82 Å². The summed E-state index contributed by atoms with van der Waals surface area (Å²) in [5.74, 6) is -2.09. The van der Waals surface area contributed by atoms with Gasteiger partial charge in [-0.3, -0.25) is 4.90 Å². The molecule has 5 nitrogen and oxygen atoms in total. The molecule has 2 aliphatic rings. The number of hydrogen-bond acceptors (Lipinski definition) is 5. The van der Waals surface area contributed by atoms with E-state index in [1.165, 1.54) is 5.56 Å². The van der Waals surface area contributed by atoms with Crippen molar-refractivity contribution in [3.8, 4) is 0 Å². The lowest BCUT2D eigenvalue weighted by Gasteiger charge is -2.27. The van der Waals surface area contributed by atoms with E-state index in [-0.39, 0.29) is 18.5 Å². The first-order valence-corrected chi connectivity index (χ1v) is 11.8. The summed E-state index contributed by atoms with van der Waals surface area (Å²) >= 11 is 0. The molecule has 0 spiro atoms. The molecule has 5 rings (SSSR count). The topological polar surface area (TPSA) is 43.4 Å². The maximum atomic E-state index is 14.8. The van der Waals surface area contributed by atoms with E-state index >= 15 is 0 Å². The molecule has 0 radical (unpaired) electrons. The predicted octanol–water partition coefficient (Wildman–Crippen LogP) is 4.36. The molecule has 1 saturated heterocycles. The maximum absolute atomic E-state index is 14.8. The highest BCUT2D eigenvalue weighted by molar-refractivity contribution is 5.93. The molecule has 0 atom stereocenters. The molecular formula is C26H31F2N5. The highest BCUT2D eigenvalue weighted by Gasteiger charge is 2.37. The lowest BCUT2D eigenvalue weighted by atomic mass is 10.0. The summed E-state index contributed by atoms with van der Waals surface area (Å²) in [4.78, 5) is 9.32. The Bertz CT molecular complexity index is 1130. The number of fused-ring (bicyclic) bond motifs is 2. The molecule has 2 N–H and O–H groups in total. The van der Waals surface area contributed by atoms with Crippen LogP contribution >= 0.6 is 0 Å². The van der Waals surface area contributed by atoms with Gasteiger partial charge in [0.25, 0.3) is 5.92 Å². The molecule has 2 aliphatic heterocycles. The average molecular weight is 452 g/mol. The zero-order valence-electron chi connectivity index (χ0n) is 19.1. The van der Waals surface area contributed by atoms with Crippen molar-refractivity contribution in [2.24, 2.45) is 0 Å². The zero-order valence-corrected chi connectivity index (χ0v) is 19.1. The van der Waals surface area contributed by atoms with Crippen molar-refractivity contribution in [1.82, 2.24) is 15.2 Å². The second-order valence-corrected chi connectivity index (χ2v) is 9.10. The Morgan fingerprint density at radius 1 is 1.06 bits per heavy atom. The molecule has 1 fully saturated rings. The molecule has 33 heavy (non-hydrogen) atoms. The average Bonchev–Trinajstić information content (AvgIpc) is 2.96. The van der Waals surface area contributed by atoms with Gasteiger partial charge >= 0.3 is 0 Å². The van der Waals surface area contributed by atoms with Crippen molar-refractivity contribution in [3.05, 3.63) is 65.2 Å². The first-order valence-electron chi connectivity index (χ1n) is 11.8. The standard InChI is InChI=1S/C26H31F2N5/c1-19-6-7-23-21(16-19)24(30-11-15-32-13-9-29-10-14-32)17-25(31-23)33-12-8-26(27,28)22-5-3-2-4-20(22)18-33/h2-7,16-17,29H,8-15,18H2,1H3,(H,30,31). The zero-order chi connectivity index (χ0) is 22.8. The largest absolute Gasteiger partial charge is 0.383 e. The number of alkyl halides is 2. The van der Waals surface area contributed by atoms with Gasteiger partial charge < -0.3 is 15.5 Å². The number of benzene rings is 2. The fraction of sp³-hybridized carbons (Fsp3) is 0.423. The first-order chi connectivity index (χ1) is 16.0. The van der Waals surface area contributed by atoms with E-state index in [0.717, 1.165) is 61.7 Å². The molecule has 0 bridgehead atoms. The van der Waals surface area contributed by atoms with Gasteiger partial charge in [-0.05, 0) is 24.6 Å². The van der Waals surface area contributed by atoms with E-state index in [1.54, 1.807) is 18.2 Å². The molecule has 0 saturated carbocycles. The molecule has 0 aliphatic carbocycles. The van der Waals surface area contributed by atoms with Crippen LogP contribution < -0.4 is 15.5 Å². The molecule has 3 heterocycles. The van der Waals surface area contributed by atoms with Crippen LogP contribution in [-0.4, -0.2) is 55.7 Å². The first kappa shape index (κ1) is 22.0. The molecule has 3 aromatic rings. The van der Waals surface area contributed by atoms with E-state index in [1.807, 2.05) is 23.1 Å². The van der Waals surface area contributed by atoms with Gasteiger partial charge in [-0.15, -0.1) is 0 Å². The van der Waals surface area contributed by atoms with Gasteiger partial charge in [0.05, 0.1) is 5.52 Å². The van der Waals surface area contributed by atoms with E-state index in [9.17, 15) is 8.78 Å². The van der Waals surface area contributed by atoms with E-state index < -0.39 is 5.92 Å². The van der Waals surface area contributed by atoms with Crippen molar-refractivity contribution >= 4 is 22.4 Å². The Labute approximate surface area is 193 Å². The predicted molar refractivity (Wildman–Crippen MR) is 130 cm³/mol. The third-order valence-electron chi connectivity index (χ3n) is 6.70. The van der Waals surface area contributed by atoms with Crippen LogP contribution in [0, 0.1) is 6.92 Å².